The lowest BCUT2D eigenvalue weighted by molar-refractivity contribution is 0.201. The van der Waals surface area contributed by atoms with Crippen LogP contribution in [0.15, 0.2) is 12.1 Å². The number of nitrogens with two attached hydrogens (primary N) is 1. The molecule has 21 heavy (non-hydrogen) atoms. The van der Waals surface area contributed by atoms with E-state index in [9.17, 15) is 0 Å². The molecule has 0 radical (unpaired) electrons. The topological polar surface area (TPSA) is 57.0 Å². The zero-order valence-electron chi connectivity index (χ0n) is 13.4. The Morgan fingerprint density at radius 1 is 1.14 bits per heavy atom. The fourth-order valence-electron chi connectivity index (χ4n) is 2.90. The number of nitrogens with zero attached hydrogens (tertiary/aromatic N) is 1. The van der Waals surface area contributed by atoms with Crippen LogP contribution >= 0.6 is 0 Å². The molecule has 1 fully saturated rings. The molecule has 5 nitrogen and oxygen atoms in total. The molecule has 2 rings (SSSR count). The van der Waals surface area contributed by atoms with Crippen molar-refractivity contribution < 1.29 is 14.2 Å². The summed E-state index contributed by atoms with van der Waals surface area (Å²) in [5.41, 5.74) is 7.16. The van der Waals surface area contributed by atoms with Crippen molar-refractivity contribution in [2.75, 3.05) is 34.4 Å². The van der Waals surface area contributed by atoms with Crippen molar-refractivity contribution in [2.45, 2.75) is 31.8 Å². The average molecular weight is 294 g/mol. The second-order valence-corrected chi connectivity index (χ2v) is 5.27. The van der Waals surface area contributed by atoms with Gasteiger partial charge in [0.05, 0.1) is 21.3 Å². The smallest absolute Gasteiger partial charge is 0.203 e. The van der Waals surface area contributed by atoms with Gasteiger partial charge in [-0.25, -0.2) is 0 Å². The first-order valence-corrected chi connectivity index (χ1v) is 7.45. The van der Waals surface area contributed by atoms with E-state index in [0.717, 1.165) is 12.1 Å². The molecule has 5 heteroatoms. The van der Waals surface area contributed by atoms with E-state index in [2.05, 4.69) is 11.8 Å². The third-order valence-corrected chi connectivity index (χ3v) is 4.08. The molecule has 1 aliphatic rings. The van der Waals surface area contributed by atoms with Crippen molar-refractivity contribution in [1.29, 1.82) is 0 Å². The van der Waals surface area contributed by atoms with Crippen LogP contribution in [0, 0.1) is 0 Å². The zero-order chi connectivity index (χ0) is 15.4. The molecule has 0 amide bonds. The van der Waals surface area contributed by atoms with Gasteiger partial charge in [0, 0.05) is 18.6 Å². The summed E-state index contributed by atoms with van der Waals surface area (Å²) >= 11 is 0. The van der Waals surface area contributed by atoms with Gasteiger partial charge in [-0.2, -0.15) is 0 Å². The van der Waals surface area contributed by atoms with E-state index < -0.39 is 0 Å². The molecule has 1 aromatic rings. The molecule has 2 N–H and O–H groups in total. The van der Waals surface area contributed by atoms with Crippen LogP contribution in [-0.4, -0.2) is 45.4 Å². The first-order chi connectivity index (χ1) is 10.2. The largest absolute Gasteiger partial charge is 0.493 e. The maximum atomic E-state index is 6.05. The van der Waals surface area contributed by atoms with E-state index in [1.807, 2.05) is 12.1 Å². The van der Waals surface area contributed by atoms with E-state index in [4.69, 9.17) is 19.9 Å². The lowest BCUT2D eigenvalue weighted by Gasteiger charge is -2.31. The molecule has 0 saturated heterocycles. The Labute approximate surface area is 127 Å². The van der Waals surface area contributed by atoms with Gasteiger partial charge in [-0.1, -0.05) is 6.92 Å². The second kappa shape index (κ2) is 7.00. The van der Waals surface area contributed by atoms with Crippen LogP contribution in [-0.2, 0) is 0 Å². The van der Waals surface area contributed by atoms with Gasteiger partial charge in [0.2, 0.25) is 5.75 Å². The van der Waals surface area contributed by atoms with E-state index in [-0.39, 0.29) is 6.04 Å². The van der Waals surface area contributed by atoms with E-state index in [0.29, 0.717) is 29.8 Å². The molecule has 118 valence electrons. The molecule has 1 saturated carbocycles. The van der Waals surface area contributed by atoms with E-state index >= 15 is 0 Å². The van der Waals surface area contributed by atoms with Crippen molar-refractivity contribution in [2.24, 2.45) is 5.73 Å². The van der Waals surface area contributed by atoms with E-state index in [1.54, 1.807) is 21.3 Å². The first-order valence-electron chi connectivity index (χ1n) is 7.45. The highest BCUT2D eigenvalue weighted by atomic mass is 16.5. The summed E-state index contributed by atoms with van der Waals surface area (Å²) in [4.78, 5) is 2.46. The highest BCUT2D eigenvalue weighted by Gasteiger charge is 2.33. The number of likely N-dealkylation sites (N-methyl/N-ethyl adjacent to an activating group) is 1. The van der Waals surface area contributed by atoms with Crippen LogP contribution in [0.3, 0.4) is 0 Å². The van der Waals surface area contributed by atoms with Crippen molar-refractivity contribution in [1.82, 2.24) is 4.90 Å². The number of methoxy groups -OCH3 is 3. The highest BCUT2D eigenvalue weighted by molar-refractivity contribution is 5.54. The van der Waals surface area contributed by atoms with Gasteiger partial charge in [0.25, 0.3) is 0 Å². The quantitative estimate of drug-likeness (QED) is 0.796. The number of hydrogen-bond donors (Lipinski definition) is 1. The number of benzene rings is 1. The van der Waals surface area contributed by atoms with Crippen molar-refractivity contribution in [3.63, 3.8) is 0 Å². The van der Waals surface area contributed by atoms with Gasteiger partial charge in [-0.3, -0.25) is 4.90 Å². The third-order valence-electron chi connectivity index (χ3n) is 4.08. The minimum Gasteiger partial charge on any atom is -0.493 e. The summed E-state index contributed by atoms with van der Waals surface area (Å²) in [5, 5.41) is 0. The molecule has 0 bridgehead atoms. The van der Waals surface area contributed by atoms with Gasteiger partial charge in [-0.15, -0.1) is 0 Å². The molecule has 1 atom stereocenters. The maximum Gasteiger partial charge on any atom is 0.203 e. The molecule has 1 aliphatic carbocycles. The molecule has 1 unspecified atom stereocenters. The highest BCUT2D eigenvalue weighted by Crippen LogP contribution is 2.42. The van der Waals surface area contributed by atoms with Gasteiger partial charge in [0.1, 0.15) is 0 Å². The maximum absolute atomic E-state index is 6.05. The van der Waals surface area contributed by atoms with Gasteiger partial charge in [0.15, 0.2) is 11.5 Å². The molecular weight excluding hydrogens is 268 g/mol. The zero-order valence-corrected chi connectivity index (χ0v) is 13.4. The first kappa shape index (κ1) is 15.9. The van der Waals surface area contributed by atoms with Gasteiger partial charge in [-0.05, 0) is 37.1 Å². The van der Waals surface area contributed by atoms with Gasteiger partial charge < -0.3 is 19.9 Å². The van der Waals surface area contributed by atoms with Crippen LogP contribution in [0.1, 0.15) is 31.4 Å². The lowest BCUT2D eigenvalue weighted by atomic mass is 10.0. The molecule has 0 spiro atoms. The molecule has 0 heterocycles. The summed E-state index contributed by atoms with van der Waals surface area (Å²) in [7, 11) is 4.89. The Kier molecular flexibility index (Phi) is 5.31. The van der Waals surface area contributed by atoms with Crippen molar-refractivity contribution in [3.8, 4) is 17.2 Å². The minimum atomic E-state index is 0.177. The van der Waals surface area contributed by atoms with E-state index in [1.165, 1.54) is 12.8 Å². The van der Waals surface area contributed by atoms with Crippen LogP contribution < -0.4 is 19.9 Å². The average Bonchev–Trinajstić information content (AvgIpc) is 3.35. The van der Waals surface area contributed by atoms with Gasteiger partial charge >= 0.3 is 0 Å². The van der Waals surface area contributed by atoms with Crippen molar-refractivity contribution in [3.05, 3.63) is 17.7 Å². The molecular formula is C16H26N2O3. The lowest BCUT2D eigenvalue weighted by Crippen LogP contribution is -2.35. The standard InChI is InChI=1S/C16H26N2O3/c1-5-18(12-6-7-12)13(10-17)11-8-14(19-2)16(21-4)15(9-11)20-3/h8-9,12-13H,5-7,10,17H2,1-4H3. The number of ether oxygens (including phenoxy) is 3. The molecule has 0 aliphatic heterocycles. The SMILES string of the molecule is CCN(C1CC1)C(CN)c1cc(OC)c(OC)c(OC)c1. The Bertz CT molecular complexity index is 450. The van der Waals surface area contributed by atoms with Crippen LogP contribution in [0.25, 0.3) is 0 Å². The summed E-state index contributed by atoms with van der Waals surface area (Å²) in [6.45, 7) is 3.74. The Hall–Kier alpha value is -1.46. The third kappa shape index (κ3) is 3.24. The summed E-state index contributed by atoms with van der Waals surface area (Å²) in [6, 6.07) is 4.84. The summed E-state index contributed by atoms with van der Waals surface area (Å²) < 4.78 is 16.3. The monoisotopic (exact) mass is 294 g/mol. The van der Waals surface area contributed by atoms with Crippen LogP contribution in [0.2, 0.25) is 0 Å². The predicted octanol–water partition coefficient (Wildman–Crippen LogP) is 2.20. The van der Waals surface area contributed by atoms with Crippen LogP contribution in [0.4, 0.5) is 0 Å². The molecule has 0 aromatic heterocycles. The van der Waals surface area contributed by atoms with Crippen LogP contribution in [0.5, 0.6) is 17.2 Å². The molecule has 1 aromatic carbocycles. The fourth-order valence-corrected chi connectivity index (χ4v) is 2.90. The Morgan fingerprint density at radius 2 is 1.71 bits per heavy atom. The summed E-state index contributed by atoms with van der Waals surface area (Å²) in [5.74, 6) is 1.98. The normalized spacial score (nSPS) is 15.9. The number of rotatable bonds is 8. The second-order valence-electron chi connectivity index (χ2n) is 5.27. The Morgan fingerprint density at radius 3 is 2.05 bits per heavy atom. The minimum absolute atomic E-state index is 0.177. The summed E-state index contributed by atoms with van der Waals surface area (Å²) in [6.07, 6.45) is 2.52. The van der Waals surface area contributed by atoms with Crippen molar-refractivity contribution >= 4 is 0 Å². The number of hydrogen-bond acceptors (Lipinski definition) is 5. The Balaban J connectivity index is 2.40. The predicted molar refractivity (Wildman–Crippen MR) is 83.3 cm³/mol. The fraction of sp³-hybridized carbons (Fsp3) is 0.625.